The van der Waals surface area contributed by atoms with Crippen LogP contribution < -0.4 is 5.32 Å². The Balaban J connectivity index is 1.67. The summed E-state index contributed by atoms with van der Waals surface area (Å²) < 4.78 is 13.2. The maximum atomic E-state index is 5.50. The van der Waals surface area contributed by atoms with E-state index >= 15 is 0 Å². The molecule has 1 aliphatic heterocycles. The van der Waals surface area contributed by atoms with Crippen molar-refractivity contribution in [2.24, 2.45) is 0 Å². The highest BCUT2D eigenvalue weighted by atomic mass is 16.7. The Kier molecular flexibility index (Phi) is 7.08. The second-order valence-corrected chi connectivity index (χ2v) is 6.55. The molecule has 1 aromatic carbocycles. The lowest BCUT2D eigenvalue weighted by Crippen LogP contribution is -2.25. The molecule has 0 saturated carbocycles. The van der Waals surface area contributed by atoms with E-state index in [0.29, 0.717) is 12.4 Å². The zero-order valence-electron chi connectivity index (χ0n) is 16.0. The molecule has 0 amide bonds. The second kappa shape index (κ2) is 9.95. The highest BCUT2D eigenvalue weighted by Crippen LogP contribution is 2.24. The average molecular weight is 364 g/mol. The van der Waals surface area contributed by atoms with E-state index in [1.807, 2.05) is 25.2 Å². The van der Waals surface area contributed by atoms with E-state index in [0.717, 1.165) is 26.1 Å². The Labute approximate surface area is 161 Å². The summed E-state index contributed by atoms with van der Waals surface area (Å²) in [5, 5.41) is 3.47. The molecule has 142 valence electrons. The van der Waals surface area contributed by atoms with Crippen molar-refractivity contribution < 1.29 is 9.47 Å². The van der Waals surface area contributed by atoms with Crippen molar-refractivity contribution in [2.45, 2.75) is 26.4 Å². The molecule has 1 aromatic heterocycles. The molecule has 27 heavy (non-hydrogen) atoms. The van der Waals surface area contributed by atoms with Crippen LogP contribution in [0.15, 0.2) is 67.1 Å². The van der Waals surface area contributed by atoms with Gasteiger partial charge in [-0.3, -0.25) is 0 Å². The van der Waals surface area contributed by atoms with Gasteiger partial charge in [-0.2, -0.15) is 0 Å². The number of rotatable bonds is 9. The molecular weight excluding hydrogens is 336 g/mol. The number of hydrogen-bond donors (Lipinski definition) is 1. The Morgan fingerprint density at radius 3 is 2.96 bits per heavy atom. The van der Waals surface area contributed by atoms with Gasteiger partial charge in [0.25, 0.3) is 0 Å². The van der Waals surface area contributed by atoms with Crippen molar-refractivity contribution in [2.75, 3.05) is 19.9 Å². The Morgan fingerprint density at radius 1 is 1.30 bits per heavy atom. The minimum absolute atomic E-state index is 0.211. The van der Waals surface area contributed by atoms with Crippen LogP contribution in [-0.4, -0.2) is 24.5 Å². The number of fused-ring (bicyclic) bond motifs is 1. The molecule has 0 fully saturated rings. The molecule has 0 radical (unpaired) electrons. The summed E-state index contributed by atoms with van der Waals surface area (Å²) in [6, 6.07) is 10.6. The normalized spacial score (nSPS) is 14.0. The van der Waals surface area contributed by atoms with Gasteiger partial charge in [-0.05, 0) is 35.8 Å². The van der Waals surface area contributed by atoms with Crippen LogP contribution in [0.2, 0.25) is 0 Å². The zero-order valence-corrected chi connectivity index (χ0v) is 16.0. The molecule has 0 spiro atoms. The Bertz CT molecular complexity index is 803. The number of nitrogens with zero attached hydrogens (tertiary/aromatic N) is 1. The highest BCUT2D eigenvalue weighted by molar-refractivity contribution is 5.58. The summed E-state index contributed by atoms with van der Waals surface area (Å²) >= 11 is 0. The molecule has 0 atom stereocenters. The largest absolute Gasteiger partial charge is 0.468 e. The van der Waals surface area contributed by atoms with Crippen molar-refractivity contribution >= 4 is 6.08 Å². The van der Waals surface area contributed by atoms with Crippen molar-refractivity contribution in [3.8, 4) is 0 Å². The van der Waals surface area contributed by atoms with Gasteiger partial charge in [0.2, 0.25) is 0 Å². The fourth-order valence-electron chi connectivity index (χ4n) is 3.21. The van der Waals surface area contributed by atoms with Crippen LogP contribution in [0.1, 0.15) is 29.3 Å². The van der Waals surface area contributed by atoms with Crippen LogP contribution in [0.4, 0.5) is 0 Å². The molecule has 0 saturated heterocycles. The molecule has 0 aliphatic carbocycles. The number of nitrogens with one attached hydrogen (secondary N) is 1. The van der Waals surface area contributed by atoms with Gasteiger partial charge < -0.3 is 19.4 Å². The van der Waals surface area contributed by atoms with Gasteiger partial charge in [-0.1, -0.05) is 49.1 Å². The van der Waals surface area contributed by atoms with Gasteiger partial charge in [0, 0.05) is 37.9 Å². The number of aromatic nitrogens is 1. The summed E-state index contributed by atoms with van der Waals surface area (Å²) in [5.41, 5.74) is 5.31. The number of hydrogen-bond acceptors (Lipinski definition) is 3. The summed E-state index contributed by atoms with van der Waals surface area (Å²) in [6.45, 7) is 9.49. The van der Waals surface area contributed by atoms with Crippen molar-refractivity contribution in [1.82, 2.24) is 9.88 Å². The van der Waals surface area contributed by atoms with Crippen LogP contribution in [0.3, 0.4) is 0 Å². The van der Waals surface area contributed by atoms with Crippen LogP contribution in [0, 0.1) is 0 Å². The van der Waals surface area contributed by atoms with Gasteiger partial charge in [0.15, 0.2) is 6.79 Å². The minimum Gasteiger partial charge on any atom is -0.468 e. The summed E-state index contributed by atoms with van der Waals surface area (Å²) in [6.07, 6.45) is 11.2. The van der Waals surface area contributed by atoms with Crippen molar-refractivity contribution in [3.63, 3.8) is 0 Å². The number of benzene rings is 1. The minimum atomic E-state index is 0.211. The predicted octanol–water partition coefficient (Wildman–Crippen LogP) is 4.28. The van der Waals surface area contributed by atoms with Crippen molar-refractivity contribution in [1.29, 1.82) is 0 Å². The van der Waals surface area contributed by atoms with Gasteiger partial charge in [0.05, 0.1) is 6.61 Å². The zero-order chi connectivity index (χ0) is 18.9. The van der Waals surface area contributed by atoms with Crippen LogP contribution in [0.25, 0.3) is 6.08 Å². The maximum Gasteiger partial charge on any atom is 0.189 e. The molecule has 2 aromatic rings. The molecule has 4 heteroatoms. The molecule has 0 unspecified atom stereocenters. The van der Waals surface area contributed by atoms with E-state index in [1.165, 1.54) is 22.4 Å². The third-order valence-electron chi connectivity index (χ3n) is 4.60. The monoisotopic (exact) mass is 364 g/mol. The third-order valence-corrected chi connectivity index (χ3v) is 4.60. The SMILES string of the molecule is C=C(/C=C/c1cn(Cc2ccccc2)c2c1CNCC2)OCOC/C=C\C. The highest BCUT2D eigenvalue weighted by Gasteiger charge is 2.17. The van der Waals surface area contributed by atoms with E-state index in [-0.39, 0.29) is 6.79 Å². The number of allylic oxidation sites excluding steroid dienone is 2. The average Bonchev–Trinajstić information content (AvgIpc) is 3.05. The topological polar surface area (TPSA) is 35.4 Å². The molecule has 2 heterocycles. The van der Waals surface area contributed by atoms with E-state index in [1.54, 1.807) is 0 Å². The molecule has 1 N–H and O–H groups in total. The lowest BCUT2D eigenvalue weighted by atomic mass is 10.1. The van der Waals surface area contributed by atoms with E-state index < -0.39 is 0 Å². The van der Waals surface area contributed by atoms with E-state index in [4.69, 9.17) is 9.47 Å². The summed E-state index contributed by atoms with van der Waals surface area (Å²) in [7, 11) is 0. The Morgan fingerprint density at radius 2 is 2.15 bits per heavy atom. The fourth-order valence-corrected chi connectivity index (χ4v) is 3.21. The molecular formula is C23H28N2O2. The molecule has 0 bridgehead atoms. The van der Waals surface area contributed by atoms with Gasteiger partial charge >= 0.3 is 0 Å². The van der Waals surface area contributed by atoms with Crippen LogP contribution in [0.5, 0.6) is 0 Å². The smallest absolute Gasteiger partial charge is 0.189 e. The van der Waals surface area contributed by atoms with E-state index in [9.17, 15) is 0 Å². The van der Waals surface area contributed by atoms with Gasteiger partial charge in [0.1, 0.15) is 5.76 Å². The van der Waals surface area contributed by atoms with Gasteiger partial charge in [-0.15, -0.1) is 0 Å². The first-order chi connectivity index (χ1) is 13.3. The quantitative estimate of drug-likeness (QED) is 0.237. The first kappa shape index (κ1) is 19.2. The van der Waals surface area contributed by atoms with E-state index in [2.05, 4.69) is 59.1 Å². The number of ether oxygens (including phenoxy) is 2. The Hall–Kier alpha value is -2.56. The molecule has 3 rings (SSSR count). The van der Waals surface area contributed by atoms with Crippen LogP contribution >= 0.6 is 0 Å². The van der Waals surface area contributed by atoms with Crippen molar-refractivity contribution in [3.05, 3.63) is 89.5 Å². The maximum absolute atomic E-state index is 5.50. The summed E-state index contributed by atoms with van der Waals surface area (Å²) in [5.74, 6) is 0.601. The molecule has 4 nitrogen and oxygen atoms in total. The summed E-state index contributed by atoms with van der Waals surface area (Å²) in [4.78, 5) is 0. The second-order valence-electron chi connectivity index (χ2n) is 6.55. The third kappa shape index (κ3) is 5.46. The van der Waals surface area contributed by atoms with Crippen LogP contribution in [-0.2, 0) is 29.0 Å². The predicted molar refractivity (Wildman–Crippen MR) is 110 cm³/mol. The lowest BCUT2D eigenvalue weighted by Gasteiger charge is -2.17. The molecule has 1 aliphatic rings. The fraction of sp³-hybridized carbons (Fsp3) is 0.304. The standard InChI is InChI=1S/C23H28N2O2/c1-3-4-14-26-18-27-19(2)10-11-21-17-25(16-20-8-6-5-7-9-20)23-12-13-24-15-22(21)23/h3-11,17,24H,2,12-16,18H2,1H3/b4-3-,11-10+. The lowest BCUT2D eigenvalue weighted by molar-refractivity contribution is -0.00627. The first-order valence-electron chi connectivity index (χ1n) is 9.42. The first-order valence-corrected chi connectivity index (χ1v) is 9.42. The van der Waals surface area contributed by atoms with Gasteiger partial charge in [-0.25, -0.2) is 0 Å².